The molecule has 0 aliphatic carbocycles. The summed E-state index contributed by atoms with van der Waals surface area (Å²) in [5, 5.41) is 1.39. The first kappa shape index (κ1) is 30.4. The van der Waals surface area contributed by atoms with E-state index in [9.17, 15) is 9.59 Å². The summed E-state index contributed by atoms with van der Waals surface area (Å²) >= 11 is 11.6. The third kappa shape index (κ3) is 8.42. The Morgan fingerprint density at radius 2 is 1.66 bits per heavy atom. The van der Waals surface area contributed by atoms with Gasteiger partial charge in [-0.25, -0.2) is 0 Å². The molecule has 2 aliphatic heterocycles. The van der Waals surface area contributed by atoms with Crippen LogP contribution in [0.2, 0.25) is 10.0 Å². The van der Waals surface area contributed by atoms with E-state index in [1.807, 2.05) is 47.9 Å². The smallest absolute Gasteiger partial charge is 0.227 e. The average molecular weight is 562 g/mol. The van der Waals surface area contributed by atoms with Gasteiger partial charge in [0.2, 0.25) is 11.8 Å². The van der Waals surface area contributed by atoms with Gasteiger partial charge in [-0.3, -0.25) is 19.5 Å². The van der Waals surface area contributed by atoms with Crippen LogP contribution in [0.15, 0.2) is 48.8 Å². The Bertz CT molecular complexity index is 1040. The topological polar surface area (TPSA) is 56.8 Å². The molecule has 6 nitrogen and oxygen atoms in total. The zero-order valence-electron chi connectivity index (χ0n) is 23.4. The molecule has 8 heteroatoms. The maximum Gasteiger partial charge on any atom is 0.227 e. The van der Waals surface area contributed by atoms with Crippen LogP contribution < -0.4 is 0 Å². The summed E-state index contributed by atoms with van der Waals surface area (Å²) in [6.07, 6.45) is 5.95. The van der Waals surface area contributed by atoms with Crippen LogP contribution in [-0.2, 0) is 9.59 Å². The summed E-state index contributed by atoms with van der Waals surface area (Å²) < 4.78 is 0. The largest absolute Gasteiger partial charge is 0.341 e. The first-order valence-electron chi connectivity index (χ1n) is 13.6. The van der Waals surface area contributed by atoms with E-state index in [0.717, 1.165) is 44.5 Å². The highest BCUT2D eigenvalue weighted by Crippen LogP contribution is 2.31. The molecule has 2 fully saturated rings. The lowest BCUT2D eigenvalue weighted by atomic mass is 9.97. The Hall–Kier alpha value is -2.15. The van der Waals surface area contributed by atoms with Gasteiger partial charge in [0.15, 0.2) is 0 Å². The summed E-state index contributed by atoms with van der Waals surface area (Å²) in [4.78, 5) is 36.6. The molecule has 2 unspecified atom stereocenters. The van der Waals surface area contributed by atoms with Crippen molar-refractivity contribution in [2.24, 2.45) is 11.8 Å². The standard InChI is InChI=1S/C25H38ClN3O2.C5H4ClN/c1-18(2)23(30)29-16-15-27(24(31)20-12-14-28(17-20)25(3,4)5)13-6-7-22(29)19-8-10-21(26)11-9-19;6-5-2-1-3-7-4-5/h8-11,18,20,22H,6-7,12-17H2,1-5H3;1-4H. The highest BCUT2D eigenvalue weighted by molar-refractivity contribution is 6.30. The number of carbonyl (C=O) groups is 2. The van der Waals surface area contributed by atoms with Crippen LogP contribution in [0, 0.1) is 11.8 Å². The Balaban J connectivity index is 0.000000494. The number of halogens is 2. The number of pyridine rings is 1. The van der Waals surface area contributed by atoms with E-state index in [-0.39, 0.29) is 35.2 Å². The van der Waals surface area contributed by atoms with E-state index in [1.54, 1.807) is 24.5 Å². The van der Waals surface area contributed by atoms with Crippen molar-refractivity contribution >= 4 is 35.0 Å². The van der Waals surface area contributed by atoms with Crippen LogP contribution in [0.1, 0.15) is 65.5 Å². The van der Waals surface area contributed by atoms with Gasteiger partial charge in [0.25, 0.3) is 0 Å². The van der Waals surface area contributed by atoms with Crippen molar-refractivity contribution < 1.29 is 9.59 Å². The van der Waals surface area contributed by atoms with Crippen LogP contribution >= 0.6 is 23.2 Å². The van der Waals surface area contributed by atoms with Gasteiger partial charge >= 0.3 is 0 Å². The van der Waals surface area contributed by atoms with Crippen molar-refractivity contribution in [2.75, 3.05) is 32.7 Å². The molecule has 0 spiro atoms. The van der Waals surface area contributed by atoms with E-state index in [2.05, 4.69) is 30.7 Å². The molecule has 1 aromatic carbocycles. The third-order valence-corrected chi connectivity index (χ3v) is 7.82. The van der Waals surface area contributed by atoms with Crippen LogP contribution in [0.4, 0.5) is 0 Å². The maximum atomic E-state index is 13.3. The fourth-order valence-corrected chi connectivity index (χ4v) is 5.40. The number of rotatable bonds is 3. The number of benzene rings is 1. The quantitative estimate of drug-likeness (QED) is 0.439. The first-order valence-corrected chi connectivity index (χ1v) is 14.4. The van der Waals surface area contributed by atoms with Crippen LogP contribution in [0.5, 0.6) is 0 Å². The third-order valence-electron chi connectivity index (χ3n) is 7.35. The number of aromatic nitrogens is 1. The number of hydrogen-bond donors (Lipinski definition) is 0. The lowest BCUT2D eigenvalue weighted by Crippen LogP contribution is -2.48. The van der Waals surface area contributed by atoms with E-state index in [4.69, 9.17) is 23.2 Å². The maximum absolute atomic E-state index is 13.3. The van der Waals surface area contributed by atoms with E-state index in [1.165, 1.54) is 0 Å². The second kappa shape index (κ2) is 13.8. The molecule has 0 radical (unpaired) electrons. The molecule has 2 saturated heterocycles. The van der Waals surface area contributed by atoms with Crippen LogP contribution in [0.3, 0.4) is 0 Å². The normalized spacial score (nSPS) is 20.9. The number of carbonyl (C=O) groups excluding carboxylic acids is 2. The number of amides is 2. The second-order valence-electron chi connectivity index (χ2n) is 11.5. The van der Waals surface area contributed by atoms with Gasteiger partial charge in [-0.05, 0) is 76.4 Å². The molecular formula is C30H42Cl2N4O2. The molecule has 4 rings (SSSR count). The zero-order chi connectivity index (χ0) is 27.9. The predicted molar refractivity (Wildman–Crippen MR) is 155 cm³/mol. The molecule has 1 aromatic heterocycles. The molecule has 0 saturated carbocycles. The Morgan fingerprint density at radius 3 is 2.18 bits per heavy atom. The molecule has 0 N–H and O–H groups in total. The highest BCUT2D eigenvalue weighted by Gasteiger charge is 2.37. The summed E-state index contributed by atoms with van der Waals surface area (Å²) in [6.45, 7) is 14.3. The van der Waals surface area contributed by atoms with Gasteiger partial charge < -0.3 is 9.80 Å². The fraction of sp³-hybridized carbons (Fsp3) is 0.567. The van der Waals surface area contributed by atoms with E-state index < -0.39 is 0 Å². The minimum atomic E-state index is -0.0754. The summed E-state index contributed by atoms with van der Waals surface area (Å²) in [5.41, 5.74) is 1.21. The molecule has 3 heterocycles. The number of hydrogen-bond acceptors (Lipinski definition) is 4. The average Bonchev–Trinajstić information content (AvgIpc) is 3.36. The van der Waals surface area contributed by atoms with Gasteiger partial charge in [-0.1, -0.05) is 49.2 Å². The van der Waals surface area contributed by atoms with Gasteiger partial charge in [-0.15, -0.1) is 0 Å². The first-order chi connectivity index (χ1) is 18.0. The Kier molecular flexibility index (Phi) is 11.0. The van der Waals surface area contributed by atoms with Crippen molar-refractivity contribution in [1.29, 1.82) is 0 Å². The summed E-state index contributed by atoms with van der Waals surface area (Å²) in [5.74, 6) is 0.399. The van der Waals surface area contributed by atoms with Crippen molar-refractivity contribution in [3.05, 3.63) is 64.4 Å². The van der Waals surface area contributed by atoms with Crippen LogP contribution in [-0.4, -0.2) is 69.8 Å². The van der Waals surface area contributed by atoms with Crippen molar-refractivity contribution in [1.82, 2.24) is 19.7 Å². The van der Waals surface area contributed by atoms with Crippen molar-refractivity contribution in [3.63, 3.8) is 0 Å². The highest BCUT2D eigenvalue weighted by atomic mass is 35.5. The monoisotopic (exact) mass is 560 g/mol. The van der Waals surface area contributed by atoms with Gasteiger partial charge in [0.05, 0.1) is 17.0 Å². The molecule has 208 valence electrons. The fourth-order valence-electron chi connectivity index (χ4n) is 5.15. The minimum absolute atomic E-state index is 0.0345. The summed E-state index contributed by atoms with van der Waals surface area (Å²) in [7, 11) is 0. The number of likely N-dealkylation sites (tertiary alicyclic amines) is 1. The Morgan fingerprint density at radius 1 is 0.947 bits per heavy atom. The molecular weight excluding hydrogens is 519 g/mol. The number of nitrogens with zero attached hydrogens (tertiary/aromatic N) is 4. The van der Waals surface area contributed by atoms with E-state index >= 15 is 0 Å². The SMILES string of the molecule is CC(C)C(=O)N1CCN(C(=O)C2CCN(C(C)(C)C)C2)CCCC1c1ccc(Cl)cc1.Clc1cccnc1. The molecule has 2 aliphatic rings. The van der Waals surface area contributed by atoms with Gasteiger partial charge in [0, 0.05) is 55.1 Å². The Labute approximate surface area is 238 Å². The molecule has 2 amide bonds. The lowest BCUT2D eigenvalue weighted by Gasteiger charge is -2.39. The van der Waals surface area contributed by atoms with Crippen molar-refractivity contribution in [3.8, 4) is 0 Å². The predicted octanol–water partition coefficient (Wildman–Crippen LogP) is 6.34. The van der Waals surface area contributed by atoms with E-state index in [0.29, 0.717) is 23.1 Å². The van der Waals surface area contributed by atoms with Gasteiger partial charge in [-0.2, -0.15) is 0 Å². The van der Waals surface area contributed by atoms with Crippen molar-refractivity contribution in [2.45, 2.75) is 65.5 Å². The van der Waals surface area contributed by atoms with Crippen LogP contribution in [0.25, 0.3) is 0 Å². The molecule has 2 aromatic rings. The molecule has 0 bridgehead atoms. The van der Waals surface area contributed by atoms with Gasteiger partial charge in [0.1, 0.15) is 0 Å². The lowest BCUT2D eigenvalue weighted by molar-refractivity contribution is -0.142. The molecule has 2 atom stereocenters. The molecule has 38 heavy (non-hydrogen) atoms. The summed E-state index contributed by atoms with van der Waals surface area (Å²) in [6, 6.07) is 11.5. The second-order valence-corrected chi connectivity index (χ2v) is 12.4. The zero-order valence-corrected chi connectivity index (χ0v) is 24.9. The minimum Gasteiger partial charge on any atom is -0.341 e.